The summed E-state index contributed by atoms with van der Waals surface area (Å²) in [6, 6.07) is 8.99. The second-order valence-electron chi connectivity index (χ2n) is 6.42. The van der Waals surface area contributed by atoms with Gasteiger partial charge in [0.1, 0.15) is 6.54 Å². The first-order valence-electron chi connectivity index (χ1n) is 8.83. The van der Waals surface area contributed by atoms with Gasteiger partial charge in [-0.1, -0.05) is 12.1 Å². The zero-order valence-electron chi connectivity index (χ0n) is 14.9. The molecule has 0 saturated carbocycles. The zero-order valence-corrected chi connectivity index (χ0v) is 14.9. The van der Waals surface area contributed by atoms with Crippen molar-refractivity contribution < 1.29 is 14.3 Å². The summed E-state index contributed by atoms with van der Waals surface area (Å²) < 4.78 is 6.46. The lowest BCUT2D eigenvalue weighted by atomic mass is 9.96. The van der Waals surface area contributed by atoms with Crippen LogP contribution in [0.1, 0.15) is 40.4 Å². The van der Waals surface area contributed by atoms with E-state index in [1.165, 1.54) is 7.11 Å². The first-order valence-corrected chi connectivity index (χ1v) is 8.83. The van der Waals surface area contributed by atoms with Crippen molar-refractivity contribution in [3.05, 3.63) is 53.3 Å². The molecule has 138 valence electrons. The standard InChI is InChI=1S/C19H24N4O3/c1-26-19(25)15-6-4-14(5-7-15)11-21-18(24)13-23-17(8-10-22-23)16-3-2-9-20-12-16/h4-8,10,16,20H,2-3,9,11-13H2,1H3,(H,21,24)/t16-/m1/s1. The summed E-state index contributed by atoms with van der Waals surface area (Å²) in [5.74, 6) is -0.0512. The first-order chi connectivity index (χ1) is 12.7. The molecule has 2 heterocycles. The van der Waals surface area contributed by atoms with Gasteiger partial charge in [-0.15, -0.1) is 0 Å². The molecule has 0 radical (unpaired) electrons. The van der Waals surface area contributed by atoms with Crippen molar-refractivity contribution in [2.75, 3.05) is 20.2 Å². The molecule has 1 aliphatic rings. The summed E-state index contributed by atoms with van der Waals surface area (Å²) in [5, 5.41) is 10.6. The molecule has 1 saturated heterocycles. The smallest absolute Gasteiger partial charge is 0.337 e. The van der Waals surface area contributed by atoms with Gasteiger partial charge < -0.3 is 15.4 Å². The second-order valence-corrected chi connectivity index (χ2v) is 6.42. The number of methoxy groups -OCH3 is 1. The van der Waals surface area contributed by atoms with E-state index >= 15 is 0 Å². The van der Waals surface area contributed by atoms with E-state index in [9.17, 15) is 9.59 Å². The fraction of sp³-hybridized carbons (Fsp3) is 0.421. The summed E-state index contributed by atoms with van der Waals surface area (Å²) in [7, 11) is 1.35. The van der Waals surface area contributed by atoms with Gasteiger partial charge in [0.2, 0.25) is 5.91 Å². The van der Waals surface area contributed by atoms with E-state index in [0.29, 0.717) is 18.0 Å². The number of hydrogen-bond acceptors (Lipinski definition) is 5. The summed E-state index contributed by atoms with van der Waals surface area (Å²) in [6.45, 7) is 2.60. The van der Waals surface area contributed by atoms with E-state index in [1.54, 1.807) is 35.1 Å². The molecular formula is C19H24N4O3. The van der Waals surface area contributed by atoms with Crippen LogP contribution in [0, 0.1) is 0 Å². The molecule has 7 heteroatoms. The number of carbonyl (C=O) groups is 2. The summed E-state index contributed by atoms with van der Waals surface area (Å²) in [4.78, 5) is 23.7. The normalized spacial score (nSPS) is 16.9. The lowest BCUT2D eigenvalue weighted by molar-refractivity contribution is -0.122. The molecule has 1 aromatic heterocycles. The summed E-state index contributed by atoms with van der Waals surface area (Å²) >= 11 is 0. The third kappa shape index (κ3) is 4.49. The van der Waals surface area contributed by atoms with Gasteiger partial charge in [0.05, 0.1) is 12.7 Å². The predicted molar refractivity (Wildman–Crippen MR) is 96.7 cm³/mol. The molecular weight excluding hydrogens is 332 g/mol. The van der Waals surface area contributed by atoms with Crippen LogP contribution in [0.4, 0.5) is 0 Å². The maximum Gasteiger partial charge on any atom is 0.337 e. The fourth-order valence-electron chi connectivity index (χ4n) is 3.20. The number of rotatable bonds is 6. The largest absolute Gasteiger partial charge is 0.465 e. The van der Waals surface area contributed by atoms with E-state index in [2.05, 4.69) is 20.5 Å². The lowest BCUT2D eigenvalue weighted by Gasteiger charge is -2.23. The van der Waals surface area contributed by atoms with Crippen molar-refractivity contribution in [1.29, 1.82) is 0 Å². The van der Waals surface area contributed by atoms with E-state index in [-0.39, 0.29) is 18.4 Å². The lowest BCUT2D eigenvalue weighted by Crippen LogP contribution is -2.32. The minimum Gasteiger partial charge on any atom is -0.465 e. The highest BCUT2D eigenvalue weighted by atomic mass is 16.5. The Kier molecular flexibility index (Phi) is 6.01. The fourth-order valence-corrected chi connectivity index (χ4v) is 3.20. The van der Waals surface area contributed by atoms with E-state index in [1.807, 2.05) is 6.07 Å². The summed E-state index contributed by atoms with van der Waals surface area (Å²) in [5.41, 5.74) is 2.52. The van der Waals surface area contributed by atoms with Crippen LogP contribution in [-0.4, -0.2) is 41.9 Å². The molecule has 0 aliphatic carbocycles. The molecule has 1 aromatic carbocycles. The third-order valence-electron chi connectivity index (χ3n) is 4.62. The highest BCUT2D eigenvalue weighted by molar-refractivity contribution is 5.89. The van der Waals surface area contributed by atoms with Crippen LogP contribution in [0.5, 0.6) is 0 Å². The van der Waals surface area contributed by atoms with Crippen LogP contribution in [0.25, 0.3) is 0 Å². The Morgan fingerprint density at radius 3 is 2.81 bits per heavy atom. The number of amides is 1. The van der Waals surface area contributed by atoms with Crippen LogP contribution >= 0.6 is 0 Å². The Hall–Kier alpha value is -2.67. The SMILES string of the molecule is COC(=O)c1ccc(CNC(=O)Cn2nccc2[C@@H]2CCCNC2)cc1. The van der Waals surface area contributed by atoms with E-state index < -0.39 is 0 Å². The van der Waals surface area contributed by atoms with Crippen molar-refractivity contribution in [3.8, 4) is 0 Å². The van der Waals surface area contributed by atoms with Gasteiger partial charge in [-0.2, -0.15) is 5.10 Å². The Labute approximate surface area is 152 Å². The van der Waals surface area contributed by atoms with Crippen molar-refractivity contribution in [3.63, 3.8) is 0 Å². The molecule has 0 spiro atoms. The molecule has 7 nitrogen and oxygen atoms in total. The van der Waals surface area contributed by atoms with Gasteiger partial charge in [0, 0.05) is 30.9 Å². The van der Waals surface area contributed by atoms with E-state index in [0.717, 1.165) is 37.2 Å². The molecule has 3 rings (SSSR count). The molecule has 0 bridgehead atoms. The summed E-state index contributed by atoms with van der Waals surface area (Å²) in [6.07, 6.45) is 4.01. The van der Waals surface area contributed by atoms with Gasteiger partial charge in [-0.3, -0.25) is 9.48 Å². The molecule has 2 N–H and O–H groups in total. The first kappa shape index (κ1) is 18.1. The van der Waals surface area contributed by atoms with Crippen LogP contribution < -0.4 is 10.6 Å². The Morgan fingerprint density at radius 2 is 2.12 bits per heavy atom. The van der Waals surface area contributed by atoms with Crippen LogP contribution in [0.2, 0.25) is 0 Å². The third-order valence-corrected chi connectivity index (χ3v) is 4.62. The van der Waals surface area contributed by atoms with Gasteiger partial charge in [0.15, 0.2) is 0 Å². The number of nitrogens with one attached hydrogen (secondary N) is 2. The number of ether oxygens (including phenoxy) is 1. The molecule has 26 heavy (non-hydrogen) atoms. The highest BCUT2D eigenvalue weighted by Gasteiger charge is 2.19. The number of benzene rings is 1. The monoisotopic (exact) mass is 356 g/mol. The molecule has 1 atom stereocenters. The number of esters is 1. The number of piperidine rings is 1. The topological polar surface area (TPSA) is 85.2 Å². The predicted octanol–water partition coefficient (Wildman–Crippen LogP) is 1.45. The van der Waals surface area contributed by atoms with Gasteiger partial charge in [-0.25, -0.2) is 4.79 Å². The number of aromatic nitrogens is 2. The molecule has 1 fully saturated rings. The zero-order chi connectivity index (χ0) is 18.4. The average Bonchev–Trinajstić information content (AvgIpc) is 3.15. The minimum absolute atomic E-state index is 0.0873. The number of nitrogens with zero attached hydrogens (tertiary/aromatic N) is 2. The van der Waals surface area contributed by atoms with Gasteiger partial charge in [0.25, 0.3) is 0 Å². The number of carbonyl (C=O) groups excluding carboxylic acids is 2. The highest BCUT2D eigenvalue weighted by Crippen LogP contribution is 2.22. The van der Waals surface area contributed by atoms with Crippen molar-refractivity contribution in [2.24, 2.45) is 0 Å². The van der Waals surface area contributed by atoms with Crippen LogP contribution in [-0.2, 0) is 22.6 Å². The minimum atomic E-state index is -0.371. The Bertz CT molecular complexity index is 748. The average molecular weight is 356 g/mol. The van der Waals surface area contributed by atoms with Crippen LogP contribution in [0.15, 0.2) is 36.5 Å². The maximum absolute atomic E-state index is 12.3. The molecule has 1 amide bonds. The Balaban J connectivity index is 1.53. The van der Waals surface area contributed by atoms with Gasteiger partial charge in [-0.05, 0) is 43.1 Å². The van der Waals surface area contributed by atoms with Crippen LogP contribution in [0.3, 0.4) is 0 Å². The quantitative estimate of drug-likeness (QED) is 0.766. The second kappa shape index (κ2) is 8.62. The van der Waals surface area contributed by atoms with Gasteiger partial charge >= 0.3 is 5.97 Å². The van der Waals surface area contributed by atoms with Crippen molar-refractivity contribution in [2.45, 2.75) is 31.8 Å². The van der Waals surface area contributed by atoms with Crippen molar-refractivity contribution >= 4 is 11.9 Å². The van der Waals surface area contributed by atoms with E-state index in [4.69, 9.17) is 0 Å². The molecule has 1 aliphatic heterocycles. The molecule has 0 unspecified atom stereocenters. The Morgan fingerprint density at radius 1 is 1.31 bits per heavy atom. The molecule has 2 aromatic rings. The maximum atomic E-state index is 12.3. The number of hydrogen-bond donors (Lipinski definition) is 2. The van der Waals surface area contributed by atoms with Crippen molar-refractivity contribution in [1.82, 2.24) is 20.4 Å².